The maximum atomic E-state index is 13.9. The maximum absolute atomic E-state index is 13.9. The highest BCUT2D eigenvalue weighted by Crippen LogP contribution is 2.24. The van der Waals surface area contributed by atoms with E-state index in [1.807, 2.05) is 26.1 Å². The molecular formula is C15H16ClFN2. The van der Waals surface area contributed by atoms with Crippen molar-refractivity contribution in [2.45, 2.75) is 19.4 Å². The van der Waals surface area contributed by atoms with Crippen molar-refractivity contribution in [1.29, 1.82) is 0 Å². The molecule has 0 aliphatic heterocycles. The highest BCUT2D eigenvalue weighted by Gasteiger charge is 2.16. The summed E-state index contributed by atoms with van der Waals surface area (Å²) in [5, 5.41) is 3.34. The van der Waals surface area contributed by atoms with Gasteiger partial charge < -0.3 is 5.32 Å². The van der Waals surface area contributed by atoms with Crippen LogP contribution in [-0.4, -0.2) is 12.0 Å². The summed E-state index contributed by atoms with van der Waals surface area (Å²) in [5.41, 5.74) is 2.62. The van der Waals surface area contributed by atoms with Gasteiger partial charge in [0.1, 0.15) is 5.82 Å². The van der Waals surface area contributed by atoms with Crippen molar-refractivity contribution in [3.05, 3.63) is 64.2 Å². The Labute approximate surface area is 117 Å². The average molecular weight is 279 g/mol. The Hall–Kier alpha value is -1.45. The van der Waals surface area contributed by atoms with E-state index in [4.69, 9.17) is 11.6 Å². The molecule has 19 heavy (non-hydrogen) atoms. The second-order valence-corrected chi connectivity index (χ2v) is 4.87. The van der Waals surface area contributed by atoms with E-state index in [1.165, 1.54) is 0 Å². The Morgan fingerprint density at radius 3 is 2.79 bits per heavy atom. The second-order valence-electron chi connectivity index (χ2n) is 4.46. The van der Waals surface area contributed by atoms with Gasteiger partial charge in [0.25, 0.3) is 0 Å². The molecule has 0 radical (unpaired) electrons. The third-order valence-electron chi connectivity index (χ3n) is 3.18. The molecule has 1 atom stereocenters. The normalized spacial score (nSPS) is 12.4. The molecule has 1 heterocycles. The quantitative estimate of drug-likeness (QED) is 0.923. The summed E-state index contributed by atoms with van der Waals surface area (Å²) in [6.07, 6.45) is 2.27. The lowest BCUT2D eigenvalue weighted by Gasteiger charge is -2.18. The third kappa shape index (κ3) is 3.11. The van der Waals surface area contributed by atoms with Crippen LogP contribution in [0, 0.1) is 12.7 Å². The SMILES string of the molecule is CNC(Cc1cccc(Cl)c1F)c1ncccc1C. The topological polar surface area (TPSA) is 24.9 Å². The van der Waals surface area contributed by atoms with Crippen molar-refractivity contribution in [3.63, 3.8) is 0 Å². The van der Waals surface area contributed by atoms with Gasteiger partial charge in [0.2, 0.25) is 0 Å². The number of rotatable bonds is 4. The summed E-state index contributed by atoms with van der Waals surface area (Å²) in [6.45, 7) is 2.00. The summed E-state index contributed by atoms with van der Waals surface area (Å²) in [7, 11) is 1.85. The number of aromatic nitrogens is 1. The number of pyridine rings is 1. The number of nitrogens with zero attached hydrogens (tertiary/aromatic N) is 1. The highest BCUT2D eigenvalue weighted by atomic mass is 35.5. The van der Waals surface area contributed by atoms with Gasteiger partial charge in [-0.05, 0) is 43.7 Å². The molecular weight excluding hydrogens is 263 g/mol. The molecule has 0 saturated carbocycles. The first kappa shape index (κ1) is 14.0. The fourth-order valence-corrected chi connectivity index (χ4v) is 2.32. The van der Waals surface area contributed by atoms with Crippen LogP contribution in [0.25, 0.3) is 0 Å². The lowest BCUT2D eigenvalue weighted by Crippen LogP contribution is -2.21. The first-order valence-corrected chi connectivity index (χ1v) is 6.53. The van der Waals surface area contributed by atoms with Crippen molar-refractivity contribution in [2.24, 2.45) is 0 Å². The number of hydrogen-bond donors (Lipinski definition) is 1. The predicted molar refractivity (Wildman–Crippen MR) is 75.9 cm³/mol. The van der Waals surface area contributed by atoms with Crippen LogP contribution >= 0.6 is 11.6 Å². The van der Waals surface area contributed by atoms with Crippen molar-refractivity contribution < 1.29 is 4.39 Å². The molecule has 1 aromatic heterocycles. The molecule has 2 rings (SSSR count). The number of benzene rings is 1. The van der Waals surface area contributed by atoms with Crippen molar-refractivity contribution in [1.82, 2.24) is 10.3 Å². The van der Waals surface area contributed by atoms with Crippen LogP contribution in [-0.2, 0) is 6.42 Å². The third-order valence-corrected chi connectivity index (χ3v) is 3.48. The molecule has 1 aromatic carbocycles. The Balaban J connectivity index is 2.30. The smallest absolute Gasteiger partial charge is 0.145 e. The summed E-state index contributed by atoms with van der Waals surface area (Å²) in [6, 6.07) is 8.93. The van der Waals surface area contributed by atoms with Crippen LogP contribution in [0.1, 0.15) is 22.9 Å². The summed E-state index contributed by atoms with van der Waals surface area (Å²) in [5.74, 6) is -0.349. The molecule has 4 heteroatoms. The molecule has 1 unspecified atom stereocenters. The number of likely N-dealkylation sites (N-methyl/N-ethyl adjacent to an activating group) is 1. The van der Waals surface area contributed by atoms with E-state index in [0.29, 0.717) is 12.0 Å². The average Bonchev–Trinajstić information content (AvgIpc) is 2.41. The Morgan fingerprint density at radius 1 is 1.32 bits per heavy atom. The Bertz CT molecular complexity index is 572. The van der Waals surface area contributed by atoms with Crippen LogP contribution in [0.15, 0.2) is 36.5 Å². The van der Waals surface area contributed by atoms with Gasteiger partial charge in [0.05, 0.1) is 16.8 Å². The molecule has 0 aliphatic carbocycles. The molecule has 0 fully saturated rings. The van der Waals surface area contributed by atoms with Crippen LogP contribution in [0.5, 0.6) is 0 Å². The highest BCUT2D eigenvalue weighted by molar-refractivity contribution is 6.30. The first-order chi connectivity index (χ1) is 9.13. The monoisotopic (exact) mass is 278 g/mol. The van der Waals surface area contributed by atoms with Gasteiger partial charge in [-0.3, -0.25) is 4.98 Å². The van der Waals surface area contributed by atoms with Gasteiger partial charge in [0.15, 0.2) is 0 Å². The minimum Gasteiger partial charge on any atom is -0.311 e. The van der Waals surface area contributed by atoms with Crippen molar-refractivity contribution in [2.75, 3.05) is 7.05 Å². The molecule has 0 bridgehead atoms. The van der Waals surface area contributed by atoms with Crippen LogP contribution < -0.4 is 5.32 Å². The van der Waals surface area contributed by atoms with E-state index in [9.17, 15) is 4.39 Å². The van der Waals surface area contributed by atoms with Gasteiger partial charge in [-0.15, -0.1) is 0 Å². The van der Waals surface area contributed by atoms with Gasteiger partial charge in [0, 0.05) is 6.20 Å². The molecule has 0 spiro atoms. The van der Waals surface area contributed by atoms with Gasteiger partial charge in [-0.2, -0.15) is 0 Å². The molecule has 100 valence electrons. The lowest BCUT2D eigenvalue weighted by molar-refractivity contribution is 0.543. The number of aryl methyl sites for hydroxylation is 1. The lowest BCUT2D eigenvalue weighted by atomic mass is 10.00. The summed E-state index contributed by atoms with van der Waals surface area (Å²) in [4.78, 5) is 4.38. The molecule has 2 aromatic rings. The van der Waals surface area contributed by atoms with E-state index >= 15 is 0 Å². The van der Waals surface area contributed by atoms with Crippen LogP contribution in [0.2, 0.25) is 5.02 Å². The molecule has 0 amide bonds. The van der Waals surface area contributed by atoms with Crippen LogP contribution in [0.3, 0.4) is 0 Å². The molecule has 0 saturated heterocycles. The number of hydrogen-bond acceptors (Lipinski definition) is 2. The van der Waals surface area contributed by atoms with Gasteiger partial charge in [-0.1, -0.05) is 29.8 Å². The Morgan fingerprint density at radius 2 is 2.11 bits per heavy atom. The summed E-state index contributed by atoms with van der Waals surface area (Å²) >= 11 is 5.81. The van der Waals surface area contributed by atoms with E-state index in [2.05, 4.69) is 10.3 Å². The number of halogens is 2. The van der Waals surface area contributed by atoms with E-state index < -0.39 is 0 Å². The zero-order chi connectivity index (χ0) is 13.8. The van der Waals surface area contributed by atoms with Gasteiger partial charge in [-0.25, -0.2) is 4.39 Å². The van der Waals surface area contributed by atoms with Crippen LogP contribution in [0.4, 0.5) is 4.39 Å². The molecule has 0 aliphatic rings. The number of nitrogens with one attached hydrogen (secondary N) is 1. The predicted octanol–water partition coefficient (Wildman–Crippen LogP) is 3.69. The zero-order valence-electron chi connectivity index (χ0n) is 11.0. The first-order valence-electron chi connectivity index (χ1n) is 6.15. The standard InChI is InChI=1S/C15H16ClFN2/c1-10-5-4-8-19-15(10)13(18-2)9-11-6-3-7-12(16)14(11)17/h3-8,13,18H,9H2,1-2H3. The minimum absolute atomic E-state index is 0.0332. The minimum atomic E-state index is -0.349. The zero-order valence-corrected chi connectivity index (χ0v) is 11.7. The van der Waals surface area contributed by atoms with E-state index in [0.717, 1.165) is 11.3 Å². The van der Waals surface area contributed by atoms with Crippen molar-refractivity contribution >= 4 is 11.6 Å². The second kappa shape index (κ2) is 6.13. The summed E-state index contributed by atoms with van der Waals surface area (Å²) < 4.78 is 13.9. The largest absolute Gasteiger partial charge is 0.311 e. The van der Waals surface area contributed by atoms with E-state index in [1.54, 1.807) is 24.4 Å². The van der Waals surface area contributed by atoms with Gasteiger partial charge >= 0.3 is 0 Å². The Kier molecular flexibility index (Phi) is 4.51. The fourth-order valence-electron chi connectivity index (χ4n) is 2.12. The maximum Gasteiger partial charge on any atom is 0.145 e. The van der Waals surface area contributed by atoms with E-state index in [-0.39, 0.29) is 16.9 Å². The van der Waals surface area contributed by atoms with Crippen molar-refractivity contribution in [3.8, 4) is 0 Å². The molecule has 2 nitrogen and oxygen atoms in total. The molecule has 1 N–H and O–H groups in total. The fraction of sp³-hybridized carbons (Fsp3) is 0.267.